The lowest BCUT2D eigenvalue weighted by molar-refractivity contribution is 0.282. The summed E-state index contributed by atoms with van der Waals surface area (Å²) in [5.74, 6) is 0. The van der Waals surface area contributed by atoms with E-state index in [0.29, 0.717) is 11.1 Å². The third-order valence-electron chi connectivity index (χ3n) is 2.69. The van der Waals surface area contributed by atoms with Gasteiger partial charge in [0.2, 0.25) is 9.84 Å². The molecule has 0 aromatic heterocycles. The summed E-state index contributed by atoms with van der Waals surface area (Å²) < 4.78 is 24.7. The van der Waals surface area contributed by atoms with Crippen molar-refractivity contribution in [1.29, 1.82) is 5.26 Å². The van der Waals surface area contributed by atoms with E-state index < -0.39 is 9.84 Å². The van der Waals surface area contributed by atoms with Gasteiger partial charge in [0.15, 0.2) is 0 Å². The fourth-order valence-electron chi connectivity index (χ4n) is 1.64. The molecular weight excluding hydrogens is 262 g/mol. The van der Waals surface area contributed by atoms with Gasteiger partial charge in [0.05, 0.1) is 28.0 Å². The minimum atomic E-state index is -3.63. The maximum Gasteiger partial charge on any atom is 0.206 e. The van der Waals surface area contributed by atoms with Crippen LogP contribution in [0.5, 0.6) is 0 Å². The predicted octanol–water partition coefficient (Wildman–Crippen LogP) is 1.88. The van der Waals surface area contributed by atoms with Crippen molar-refractivity contribution in [1.82, 2.24) is 0 Å². The second kappa shape index (κ2) is 5.22. The minimum Gasteiger partial charge on any atom is -0.392 e. The molecule has 5 heteroatoms. The lowest BCUT2D eigenvalue weighted by Crippen LogP contribution is -2.02. The van der Waals surface area contributed by atoms with Gasteiger partial charge in [-0.2, -0.15) is 5.26 Å². The molecule has 19 heavy (non-hydrogen) atoms. The second-order valence-corrected chi connectivity index (χ2v) is 5.89. The molecule has 0 heterocycles. The number of aliphatic hydroxyl groups is 1. The van der Waals surface area contributed by atoms with Crippen LogP contribution in [-0.2, 0) is 16.4 Å². The molecule has 4 nitrogen and oxygen atoms in total. The predicted molar refractivity (Wildman–Crippen MR) is 69.0 cm³/mol. The van der Waals surface area contributed by atoms with Crippen LogP contribution in [0.4, 0.5) is 0 Å². The number of sulfone groups is 1. The van der Waals surface area contributed by atoms with Gasteiger partial charge >= 0.3 is 0 Å². The van der Waals surface area contributed by atoms with Crippen LogP contribution >= 0.6 is 0 Å². The normalized spacial score (nSPS) is 10.9. The summed E-state index contributed by atoms with van der Waals surface area (Å²) in [5.41, 5.74) is 0.942. The van der Waals surface area contributed by atoms with E-state index in [1.54, 1.807) is 18.2 Å². The molecule has 0 atom stereocenters. The third-order valence-corrected chi connectivity index (χ3v) is 4.46. The van der Waals surface area contributed by atoms with E-state index in [1.165, 1.54) is 30.3 Å². The largest absolute Gasteiger partial charge is 0.392 e. The number of nitriles is 1. The van der Waals surface area contributed by atoms with Crippen LogP contribution in [0.25, 0.3) is 0 Å². The molecule has 0 spiro atoms. The van der Waals surface area contributed by atoms with Gasteiger partial charge in [-0.15, -0.1) is 0 Å². The molecule has 2 aromatic carbocycles. The van der Waals surface area contributed by atoms with Crippen molar-refractivity contribution < 1.29 is 13.5 Å². The van der Waals surface area contributed by atoms with Crippen LogP contribution in [0.2, 0.25) is 0 Å². The summed E-state index contributed by atoms with van der Waals surface area (Å²) >= 11 is 0. The van der Waals surface area contributed by atoms with Gasteiger partial charge in [-0.3, -0.25) is 0 Å². The molecule has 0 aliphatic rings. The Kier molecular flexibility index (Phi) is 3.65. The van der Waals surface area contributed by atoms with E-state index in [-0.39, 0.29) is 16.4 Å². The van der Waals surface area contributed by atoms with E-state index in [9.17, 15) is 8.42 Å². The van der Waals surface area contributed by atoms with Crippen molar-refractivity contribution in [3.63, 3.8) is 0 Å². The summed E-state index contributed by atoms with van der Waals surface area (Å²) in [5, 5.41) is 17.7. The number of rotatable bonds is 3. The Morgan fingerprint density at radius 2 is 1.74 bits per heavy atom. The molecular formula is C14H11NO3S. The molecule has 0 aliphatic carbocycles. The van der Waals surface area contributed by atoms with Crippen molar-refractivity contribution in [2.75, 3.05) is 0 Å². The summed E-state index contributed by atoms with van der Waals surface area (Å²) in [7, 11) is -3.63. The van der Waals surface area contributed by atoms with Gasteiger partial charge in [0.1, 0.15) is 0 Å². The highest BCUT2D eigenvalue weighted by molar-refractivity contribution is 7.91. The molecule has 0 aliphatic heterocycles. The molecule has 0 fully saturated rings. The monoisotopic (exact) mass is 273 g/mol. The van der Waals surface area contributed by atoms with Crippen LogP contribution in [0.3, 0.4) is 0 Å². The Morgan fingerprint density at radius 1 is 1.05 bits per heavy atom. The molecule has 0 radical (unpaired) electrons. The summed E-state index contributed by atoms with van der Waals surface area (Å²) in [6, 6.07) is 13.8. The molecule has 0 saturated carbocycles. The van der Waals surface area contributed by atoms with Crippen LogP contribution in [0, 0.1) is 11.3 Å². The lowest BCUT2D eigenvalue weighted by Gasteiger charge is -2.05. The van der Waals surface area contributed by atoms with Crippen molar-refractivity contribution >= 4 is 9.84 Å². The maximum absolute atomic E-state index is 12.3. The molecule has 0 amide bonds. The van der Waals surface area contributed by atoms with E-state index in [1.807, 2.05) is 6.07 Å². The first-order chi connectivity index (χ1) is 9.07. The van der Waals surface area contributed by atoms with Crippen LogP contribution in [0.15, 0.2) is 58.3 Å². The zero-order valence-corrected chi connectivity index (χ0v) is 10.8. The average molecular weight is 273 g/mol. The molecule has 2 rings (SSSR count). The van der Waals surface area contributed by atoms with Gasteiger partial charge in [-0.1, -0.05) is 18.2 Å². The van der Waals surface area contributed by atoms with Crippen LogP contribution < -0.4 is 0 Å². The lowest BCUT2D eigenvalue weighted by atomic mass is 10.2. The van der Waals surface area contributed by atoms with Gasteiger partial charge in [-0.05, 0) is 35.9 Å². The van der Waals surface area contributed by atoms with Gasteiger partial charge in [0.25, 0.3) is 0 Å². The van der Waals surface area contributed by atoms with Crippen LogP contribution in [0.1, 0.15) is 11.1 Å². The molecule has 0 unspecified atom stereocenters. The standard InChI is InChI=1S/C14H11NO3S/c15-9-12-2-1-3-14(8-12)19(17,18)13-6-4-11(10-16)5-7-13/h1-8,16H,10H2. The first-order valence-corrected chi connectivity index (χ1v) is 7.01. The molecule has 1 N–H and O–H groups in total. The van der Waals surface area contributed by atoms with E-state index >= 15 is 0 Å². The molecule has 0 saturated heterocycles. The molecule has 96 valence electrons. The topological polar surface area (TPSA) is 78.2 Å². The van der Waals surface area contributed by atoms with Gasteiger partial charge in [0, 0.05) is 0 Å². The number of aliphatic hydroxyl groups excluding tert-OH is 1. The molecule has 0 bridgehead atoms. The smallest absolute Gasteiger partial charge is 0.206 e. The van der Waals surface area contributed by atoms with E-state index in [0.717, 1.165) is 0 Å². The Hall–Kier alpha value is -2.16. The first kappa shape index (κ1) is 13.3. The Bertz CT molecular complexity index is 728. The second-order valence-electron chi connectivity index (χ2n) is 3.95. The number of hydrogen-bond acceptors (Lipinski definition) is 4. The third kappa shape index (κ3) is 2.65. The SMILES string of the molecule is N#Cc1cccc(S(=O)(=O)c2ccc(CO)cc2)c1. The maximum atomic E-state index is 12.3. The van der Waals surface area contributed by atoms with Crippen molar-refractivity contribution in [2.45, 2.75) is 16.4 Å². The Labute approximate surface area is 111 Å². The first-order valence-electron chi connectivity index (χ1n) is 5.53. The zero-order chi connectivity index (χ0) is 13.9. The number of hydrogen-bond donors (Lipinski definition) is 1. The quantitative estimate of drug-likeness (QED) is 0.926. The van der Waals surface area contributed by atoms with E-state index in [2.05, 4.69) is 0 Å². The van der Waals surface area contributed by atoms with Crippen molar-refractivity contribution in [3.8, 4) is 6.07 Å². The Morgan fingerprint density at radius 3 is 2.32 bits per heavy atom. The highest BCUT2D eigenvalue weighted by Crippen LogP contribution is 2.21. The van der Waals surface area contributed by atoms with Crippen molar-refractivity contribution in [2.24, 2.45) is 0 Å². The van der Waals surface area contributed by atoms with E-state index in [4.69, 9.17) is 10.4 Å². The fraction of sp³-hybridized carbons (Fsp3) is 0.0714. The minimum absolute atomic E-state index is 0.0864. The zero-order valence-electron chi connectivity index (χ0n) is 9.95. The Balaban J connectivity index is 2.49. The fourth-order valence-corrected chi connectivity index (χ4v) is 2.95. The highest BCUT2D eigenvalue weighted by atomic mass is 32.2. The number of nitrogens with zero attached hydrogens (tertiary/aromatic N) is 1. The highest BCUT2D eigenvalue weighted by Gasteiger charge is 2.17. The summed E-state index contributed by atoms with van der Waals surface area (Å²) in [6.07, 6.45) is 0. The van der Waals surface area contributed by atoms with Gasteiger partial charge < -0.3 is 5.11 Å². The molecule has 2 aromatic rings. The summed E-state index contributed by atoms with van der Waals surface area (Å²) in [4.78, 5) is 0.225. The summed E-state index contributed by atoms with van der Waals surface area (Å²) in [6.45, 7) is -0.135. The van der Waals surface area contributed by atoms with Crippen LogP contribution in [-0.4, -0.2) is 13.5 Å². The van der Waals surface area contributed by atoms with Gasteiger partial charge in [-0.25, -0.2) is 8.42 Å². The number of benzene rings is 2. The average Bonchev–Trinajstić information content (AvgIpc) is 2.47. The van der Waals surface area contributed by atoms with Crippen molar-refractivity contribution in [3.05, 3.63) is 59.7 Å².